The fourth-order valence-electron chi connectivity index (χ4n) is 2.22. The molecule has 0 amide bonds. The summed E-state index contributed by atoms with van der Waals surface area (Å²) in [6.07, 6.45) is 3.80. The van der Waals surface area contributed by atoms with Gasteiger partial charge in [0, 0.05) is 25.3 Å². The fourth-order valence-corrected chi connectivity index (χ4v) is 2.22. The first-order chi connectivity index (χ1) is 8.69. The Labute approximate surface area is 107 Å². The zero-order valence-corrected chi connectivity index (χ0v) is 10.6. The van der Waals surface area contributed by atoms with E-state index in [-0.39, 0.29) is 12.0 Å². The van der Waals surface area contributed by atoms with Crippen LogP contribution in [0.15, 0.2) is 18.3 Å². The van der Waals surface area contributed by atoms with Gasteiger partial charge < -0.3 is 10.5 Å². The predicted molar refractivity (Wildman–Crippen MR) is 68.1 cm³/mol. The first-order valence-electron chi connectivity index (χ1n) is 6.20. The Morgan fingerprint density at radius 2 is 2.44 bits per heavy atom. The number of rotatable bonds is 3. The molecule has 1 atom stereocenters. The molecule has 5 heteroatoms. The lowest BCUT2D eigenvalue weighted by atomic mass is 10.1. The maximum Gasteiger partial charge on any atom is 0.339 e. The minimum atomic E-state index is -0.353. The zero-order chi connectivity index (χ0) is 13.0. The van der Waals surface area contributed by atoms with Gasteiger partial charge in [-0.3, -0.25) is 9.88 Å². The molecule has 2 heterocycles. The van der Waals surface area contributed by atoms with Crippen molar-refractivity contribution in [2.24, 2.45) is 5.73 Å². The Morgan fingerprint density at radius 3 is 3.06 bits per heavy atom. The molecule has 2 rings (SSSR count). The van der Waals surface area contributed by atoms with Gasteiger partial charge in [0.25, 0.3) is 0 Å². The largest absolute Gasteiger partial charge is 0.465 e. The molecule has 18 heavy (non-hydrogen) atoms. The van der Waals surface area contributed by atoms with Gasteiger partial charge in [-0.05, 0) is 31.5 Å². The molecule has 0 aromatic carbocycles. The number of carbonyl (C=O) groups is 1. The number of piperidine rings is 1. The van der Waals surface area contributed by atoms with Crippen molar-refractivity contribution in [1.82, 2.24) is 9.88 Å². The van der Waals surface area contributed by atoms with Crippen LogP contribution in [0.2, 0.25) is 0 Å². The normalized spacial score (nSPS) is 20.7. The number of pyridine rings is 1. The highest BCUT2D eigenvalue weighted by atomic mass is 16.5. The van der Waals surface area contributed by atoms with Gasteiger partial charge in [0.1, 0.15) is 0 Å². The summed E-state index contributed by atoms with van der Waals surface area (Å²) >= 11 is 0. The van der Waals surface area contributed by atoms with Crippen LogP contribution in [0.1, 0.15) is 28.9 Å². The van der Waals surface area contributed by atoms with Crippen LogP contribution in [-0.2, 0) is 11.3 Å². The topological polar surface area (TPSA) is 68.5 Å². The first kappa shape index (κ1) is 13.0. The maximum atomic E-state index is 11.3. The third-order valence-corrected chi connectivity index (χ3v) is 3.17. The van der Waals surface area contributed by atoms with Crippen molar-refractivity contribution in [1.29, 1.82) is 0 Å². The fraction of sp³-hybridized carbons (Fsp3) is 0.538. The molecule has 5 nitrogen and oxygen atoms in total. The highest BCUT2D eigenvalue weighted by Gasteiger charge is 2.17. The van der Waals surface area contributed by atoms with Crippen molar-refractivity contribution < 1.29 is 9.53 Å². The highest BCUT2D eigenvalue weighted by Crippen LogP contribution is 2.11. The summed E-state index contributed by atoms with van der Waals surface area (Å²) in [4.78, 5) is 17.9. The van der Waals surface area contributed by atoms with Crippen molar-refractivity contribution in [3.63, 3.8) is 0 Å². The number of ether oxygens (including phenoxy) is 1. The molecule has 0 radical (unpaired) electrons. The quantitative estimate of drug-likeness (QED) is 0.802. The molecule has 0 saturated carbocycles. The average molecular weight is 249 g/mol. The van der Waals surface area contributed by atoms with Crippen molar-refractivity contribution >= 4 is 5.97 Å². The van der Waals surface area contributed by atoms with E-state index >= 15 is 0 Å². The van der Waals surface area contributed by atoms with Crippen LogP contribution in [0, 0.1) is 0 Å². The van der Waals surface area contributed by atoms with Gasteiger partial charge in [-0.25, -0.2) is 4.79 Å². The van der Waals surface area contributed by atoms with Crippen molar-refractivity contribution in [2.45, 2.75) is 25.4 Å². The standard InChI is InChI=1S/C13H19N3O2/c1-18-13(17)10-4-5-12(15-7-10)9-16-6-2-3-11(14)8-16/h4-5,7,11H,2-3,6,8-9,14H2,1H3. The molecule has 2 N–H and O–H groups in total. The number of aromatic nitrogens is 1. The Kier molecular flexibility index (Phi) is 4.28. The van der Waals surface area contributed by atoms with E-state index in [0.29, 0.717) is 5.56 Å². The van der Waals surface area contributed by atoms with Crippen molar-refractivity contribution in [3.8, 4) is 0 Å². The number of nitrogens with two attached hydrogens (primary N) is 1. The minimum Gasteiger partial charge on any atom is -0.465 e. The van der Waals surface area contributed by atoms with Crippen LogP contribution in [-0.4, -0.2) is 42.1 Å². The second-order valence-electron chi connectivity index (χ2n) is 4.67. The molecule has 1 aromatic rings. The van der Waals surface area contributed by atoms with E-state index in [0.717, 1.165) is 38.2 Å². The number of nitrogens with zero attached hydrogens (tertiary/aromatic N) is 2. The number of carbonyl (C=O) groups excluding carboxylic acids is 1. The summed E-state index contributed by atoms with van der Waals surface area (Å²) < 4.78 is 4.63. The highest BCUT2D eigenvalue weighted by molar-refractivity contribution is 5.88. The lowest BCUT2D eigenvalue weighted by Gasteiger charge is -2.30. The Hall–Kier alpha value is -1.46. The van der Waals surface area contributed by atoms with Gasteiger partial charge >= 0.3 is 5.97 Å². The maximum absolute atomic E-state index is 11.3. The van der Waals surface area contributed by atoms with Gasteiger partial charge in [-0.1, -0.05) is 0 Å². The van der Waals surface area contributed by atoms with Gasteiger partial charge in [0.15, 0.2) is 0 Å². The molecule has 0 spiro atoms. The monoisotopic (exact) mass is 249 g/mol. The molecule has 0 bridgehead atoms. The van der Waals surface area contributed by atoms with Crippen LogP contribution in [0.25, 0.3) is 0 Å². The molecule has 1 saturated heterocycles. The Balaban J connectivity index is 1.95. The van der Waals surface area contributed by atoms with Gasteiger partial charge in [-0.15, -0.1) is 0 Å². The molecule has 0 aliphatic carbocycles. The molecule has 98 valence electrons. The molecule has 1 unspecified atom stereocenters. The molecule has 1 aliphatic heterocycles. The summed E-state index contributed by atoms with van der Waals surface area (Å²) in [6, 6.07) is 3.89. The first-order valence-corrected chi connectivity index (χ1v) is 6.20. The van der Waals surface area contributed by atoms with Gasteiger partial charge in [0.2, 0.25) is 0 Å². The molecule has 1 fully saturated rings. The second-order valence-corrected chi connectivity index (χ2v) is 4.67. The summed E-state index contributed by atoms with van der Waals surface area (Å²) in [5.41, 5.74) is 7.38. The Bertz CT molecular complexity index is 405. The van der Waals surface area contributed by atoms with E-state index in [1.165, 1.54) is 7.11 Å². The van der Waals surface area contributed by atoms with Gasteiger partial charge in [0.05, 0.1) is 18.4 Å². The van der Waals surface area contributed by atoms with Crippen LogP contribution in [0.5, 0.6) is 0 Å². The number of hydrogen-bond acceptors (Lipinski definition) is 5. The summed E-state index contributed by atoms with van der Waals surface area (Å²) in [6.45, 7) is 2.77. The van der Waals surface area contributed by atoms with Crippen LogP contribution in [0.3, 0.4) is 0 Å². The van der Waals surface area contributed by atoms with Crippen molar-refractivity contribution in [3.05, 3.63) is 29.6 Å². The average Bonchev–Trinajstić information content (AvgIpc) is 2.39. The molecular formula is C13H19N3O2. The van der Waals surface area contributed by atoms with E-state index in [4.69, 9.17) is 5.73 Å². The van der Waals surface area contributed by atoms with E-state index in [9.17, 15) is 4.79 Å². The lowest BCUT2D eigenvalue weighted by Crippen LogP contribution is -2.42. The third-order valence-electron chi connectivity index (χ3n) is 3.17. The molecular weight excluding hydrogens is 230 g/mol. The van der Waals surface area contributed by atoms with Crippen LogP contribution in [0.4, 0.5) is 0 Å². The third kappa shape index (κ3) is 3.27. The van der Waals surface area contributed by atoms with E-state index < -0.39 is 0 Å². The van der Waals surface area contributed by atoms with E-state index in [2.05, 4.69) is 14.6 Å². The smallest absolute Gasteiger partial charge is 0.339 e. The van der Waals surface area contributed by atoms with Crippen LogP contribution < -0.4 is 5.73 Å². The Morgan fingerprint density at radius 1 is 1.61 bits per heavy atom. The lowest BCUT2D eigenvalue weighted by molar-refractivity contribution is 0.0600. The van der Waals surface area contributed by atoms with Crippen molar-refractivity contribution in [2.75, 3.05) is 20.2 Å². The van der Waals surface area contributed by atoms with E-state index in [1.807, 2.05) is 6.07 Å². The SMILES string of the molecule is COC(=O)c1ccc(CN2CCCC(N)C2)nc1. The number of methoxy groups -OCH3 is 1. The number of likely N-dealkylation sites (tertiary alicyclic amines) is 1. The number of esters is 1. The number of hydrogen-bond donors (Lipinski definition) is 1. The minimum absolute atomic E-state index is 0.271. The van der Waals surface area contributed by atoms with Crippen LogP contribution >= 0.6 is 0 Å². The second kappa shape index (κ2) is 5.93. The summed E-state index contributed by atoms with van der Waals surface area (Å²) in [5, 5.41) is 0. The zero-order valence-electron chi connectivity index (χ0n) is 10.6. The summed E-state index contributed by atoms with van der Waals surface area (Å²) in [7, 11) is 1.37. The summed E-state index contributed by atoms with van der Waals surface area (Å²) in [5.74, 6) is -0.353. The molecule has 1 aromatic heterocycles. The van der Waals surface area contributed by atoms with E-state index in [1.54, 1.807) is 12.3 Å². The molecule has 1 aliphatic rings. The van der Waals surface area contributed by atoms with Gasteiger partial charge in [-0.2, -0.15) is 0 Å². The predicted octanol–water partition coefficient (Wildman–Crippen LogP) is 0.791.